The van der Waals surface area contributed by atoms with Gasteiger partial charge in [0, 0.05) is 13.1 Å². The van der Waals surface area contributed by atoms with Gasteiger partial charge in [0.1, 0.15) is 11.4 Å². The Morgan fingerprint density at radius 2 is 1.53 bits per heavy atom. The van der Waals surface area contributed by atoms with Crippen molar-refractivity contribution >= 4 is 15.9 Å². The van der Waals surface area contributed by atoms with Crippen molar-refractivity contribution < 1.29 is 22.7 Å². The number of nitrogens with zero attached hydrogens (tertiary/aromatic N) is 1. The van der Waals surface area contributed by atoms with Crippen LogP contribution < -0.4 is 4.74 Å². The van der Waals surface area contributed by atoms with Crippen molar-refractivity contribution in [2.45, 2.75) is 49.1 Å². The van der Waals surface area contributed by atoms with Gasteiger partial charge >= 0.3 is 6.09 Å². The van der Waals surface area contributed by atoms with Crippen LogP contribution in [0.3, 0.4) is 0 Å². The monoisotopic (exact) mass is 481 g/mol. The molecule has 0 radical (unpaired) electrons. The van der Waals surface area contributed by atoms with Gasteiger partial charge in [0.05, 0.1) is 16.9 Å². The minimum atomic E-state index is -3.66. The summed E-state index contributed by atoms with van der Waals surface area (Å²) in [5, 5.41) is 0. The van der Waals surface area contributed by atoms with E-state index in [0.29, 0.717) is 25.3 Å². The number of ether oxygens (including phenoxy) is 2. The Labute approximate surface area is 202 Å². The van der Waals surface area contributed by atoms with E-state index >= 15 is 0 Å². The lowest BCUT2D eigenvalue weighted by molar-refractivity contribution is 0.0236. The van der Waals surface area contributed by atoms with Gasteiger partial charge in [-0.25, -0.2) is 13.2 Å². The number of benzene rings is 3. The summed E-state index contributed by atoms with van der Waals surface area (Å²) in [5.41, 5.74) is 1.33. The zero-order valence-electron chi connectivity index (χ0n) is 20.0. The van der Waals surface area contributed by atoms with E-state index in [0.717, 1.165) is 11.1 Å². The van der Waals surface area contributed by atoms with Crippen LogP contribution in [0.4, 0.5) is 4.79 Å². The Morgan fingerprint density at radius 1 is 0.853 bits per heavy atom. The van der Waals surface area contributed by atoms with Crippen LogP contribution >= 0.6 is 0 Å². The molecule has 0 spiro atoms. The summed E-state index contributed by atoms with van der Waals surface area (Å²) in [6.45, 7) is 6.39. The van der Waals surface area contributed by atoms with Crippen LogP contribution in [-0.4, -0.2) is 38.7 Å². The van der Waals surface area contributed by atoms with E-state index in [-0.39, 0.29) is 15.9 Å². The third-order valence-corrected chi connectivity index (χ3v) is 6.89. The SMILES string of the molecule is COc1cccc(S(=O)(=O)c2ccc(CCN(Cc3ccccc3)C(=O)OC(C)(C)C)cc2)c1. The fraction of sp³-hybridized carbons (Fsp3) is 0.296. The zero-order chi connectivity index (χ0) is 24.8. The maximum Gasteiger partial charge on any atom is 0.410 e. The largest absolute Gasteiger partial charge is 0.497 e. The van der Waals surface area contributed by atoms with Crippen LogP contribution in [-0.2, 0) is 27.5 Å². The highest BCUT2D eigenvalue weighted by atomic mass is 32.2. The molecule has 0 aliphatic carbocycles. The Morgan fingerprint density at radius 3 is 2.15 bits per heavy atom. The fourth-order valence-corrected chi connectivity index (χ4v) is 4.66. The minimum Gasteiger partial charge on any atom is -0.497 e. The highest BCUT2D eigenvalue weighted by molar-refractivity contribution is 7.91. The third-order valence-electron chi connectivity index (χ3n) is 5.12. The molecular weight excluding hydrogens is 450 g/mol. The van der Waals surface area contributed by atoms with E-state index in [9.17, 15) is 13.2 Å². The van der Waals surface area contributed by atoms with E-state index in [1.807, 2.05) is 51.1 Å². The number of hydrogen-bond donors (Lipinski definition) is 0. The Balaban J connectivity index is 1.73. The summed E-state index contributed by atoms with van der Waals surface area (Å²) in [6, 6.07) is 22.9. The molecule has 1 amide bonds. The average molecular weight is 482 g/mol. The first-order valence-corrected chi connectivity index (χ1v) is 12.6. The lowest BCUT2D eigenvalue weighted by Crippen LogP contribution is -2.37. The molecule has 6 nitrogen and oxygen atoms in total. The van der Waals surface area contributed by atoms with Crippen LogP contribution in [0.2, 0.25) is 0 Å². The van der Waals surface area contributed by atoms with Gasteiger partial charge in [0.25, 0.3) is 0 Å². The number of carbonyl (C=O) groups excluding carboxylic acids is 1. The van der Waals surface area contributed by atoms with Gasteiger partial charge in [-0.15, -0.1) is 0 Å². The van der Waals surface area contributed by atoms with Crippen molar-refractivity contribution in [3.05, 3.63) is 90.0 Å². The molecule has 0 aliphatic rings. The molecule has 0 unspecified atom stereocenters. The second-order valence-electron chi connectivity index (χ2n) is 8.96. The predicted octanol–water partition coefficient (Wildman–Crippen LogP) is 5.51. The Hall–Kier alpha value is -3.32. The number of rotatable bonds is 8. The molecule has 0 aromatic heterocycles. The fourth-order valence-electron chi connectivity index (χ4n) is 3.37. The lowest BCUT2D eigenvalue weighted by atomic mass is 10.1. The maximum atomic E-state index is 13.0. The molecule has 7 heteroatoms. The molecule has 3 aromatic rings. The van der Waals surface area contributed by atoms with E-state index in [4.69, 9.17) is 9.47 Å². The van der Waals surface area contributed by atoms with Gasteiger partial charge in [0.2, 0.25) is 9.84 Å². The van der Waals surface area contributed by atoms with Gasteiger partial charge in [-0.1, -0.05) is 48.5 Å². The Bertz CT molecular complexity index is 1200. The first-order valence-electron chi connectivity index (χ1n) is 11.1. The molecule has 180 valence electrons. The standard InChI is InChI=1S/C27H31NO5S/c1-27(2,3)33-26(29)28(20-22-9-6-5-7-10-22)18-17-21-13-15-24(16-14-21)34(30,31)25-12-8-11-23(19-25)32-4/h5-16,19H,17-18,20H2,1-4H3. The molecule has 0 atom stereocenters. The number of methoxy groups -OCH3 is 1. The van der Waals surface area contributed by atoms with E-state index in [2.05, 4.69) is 0 Å². The number of sulfone groups is 1. The summed E-state index contributed by atoms with van der Waals surface area (Å²) in [4.78, 5) is 14.8. The van der Waals surface area contributed by atoms with E-state index in [1.54, 1.807) is 47.4 Å². The molecule has 0 bridgehead atoms. The molecule has 0 saturated heterocycles. The van der Waals surface area contributed by atoms with Gasteiger partial charge in [0.15, 0.2) is 0 Å². The van der Waals surface area contributed by atoms with Crippen LogP contribution in [0, 0.1) is 0 Å². The summed E-state index contributed by atoms with van der Waals surface area (Å²) in [7, 11) is -2.16. The molecule has 34 heavy (non-hydrogen) atoms. The average Bonchev–Trinajstić information content (AvgIpc) is 2.81. The maximum absolute atomic E-state index is 13.0. The molecule has 3 rings (SSSR count). The van der Waals surface area contributed by atoms with E-state index in [1.165, 1.54) is 13.2 Å². The lowest BCUT2D eigenvalue weighted by Gasteiger charge is -2.27. The number of hydrogen-bond acceptors (Lipinski definition) is 5. The van der Waals surface area contributed by atoms with Crippen LogP contribution in [0.25, 0.3) is 0 Å². The number of amides is 1. The molecule has 3 aromatic carbocycles. The molecule has 0 saturated carbocycles. The van der Waals surface area contributed by atoms with Gasteiger partial charge in [-0.3, -0.25) is 0 Å². The van der Waals surface area contributed by atoms with Crippen molar-refractivity contribution in [1.29, 1.82) is 0 Å². The first kappa shape index (κ1) is 25.3. The molecule has 0 fully saturated rings. The van der Waals surface area contributed by atoms with Crippen LogP contribution in [0.15, 0.2) is 88.7 Å². The van der Waals surface area contributed by atoms with Gasteiger partial charge < -0.3 is 14.4 Å². The van der Waals surface area contributed by atoms with E-state index < -0.39 is 15.4 Å². The third kappa shape index (κ3) is 6.84. The first-order chi connectivity index (χ1) is 16.1. The molecule has 0 N–H and O–H groups in total. The smallest absolute Gasteiger partial charge is 0.410 e. The van der Waals surface area contributed by atoms with Gasteiger partial charge in [-0.2, -0.15) is 0 Å². The van der Waals surface area contributed by atoms with Crippen molar-refractivity contribution in [1.82, 2.24) is 4.90 Å². The molecular formula is C27H31NO5S. The van der Waals surface area contributed by atoms with Crippen LogP contribution in [0.5, 0.6) is 5.75 Å². The zero-order valence-corrected chi connectivity index (χ0v) is 20.8. The number of carbonyl (C=O) groups is 1. The minimum absolute atomic E-state index is 0.179. The van der Waals surface area contributed by atoms with Gasteiger partial charge in [-0.05, 0) is 68.7 Å². The molecule has 0 heterocycles. The molecule has 0 aliphatic heterocycles. The topological polar surface area (TPSA) is 72.9 Å². The van der Waals surface area contributed by atoms with Crippen molar-refractivity contribution in [3.63, 3.8) is 0 Å². The normalized spacial score (nSPS) is 11.6. The second kappa shape index (κ2) is 10.7. The summed E-state index contributed by atoms with van der Waals surface area (Å²) in [6.07, 6.45) is 0.180. The quantitative estimate of drug-likeness (QED) is 0.424. The predicted molar refractivity (Wildman–Crippen MR) is 132 cm³/mol. The highest BCUT2D eigenvalue weighted by Gasteiger charge is 2.23. The van der Waals surface area contributed by atoms with Crippen molar-refractivity contribution in [2.75, 3.05) is 13.7 Å². The summed E-state index contributed by atoms with van der Waals surface area (Å²) < 4.78 is 36.7. The summed E-state index contributed by atoms with van der Waals surface area (Å²) >= 11 is 0. The van der Waals surface area contributed by atoms with Crippen molar-refractivity contribution in [2.24, 2.45) is 0 Å². The second-order valence-corrected chi connectivity index (χ2v) is 10.9. The highest BCUT2D eigenvalue weighted by Crippen LogP contribution is 2.24. The Kier molecular flexibility index (Phi) is 7.99. The van der Waals surface area contributed by atoms with Crippen LogP contribution in [0.1, 0.15) is 31.9 Å². The van der Waals surface area contributed by atoms with Crippen molar-refractivity contribution in [3.8, 4) is 5.75 Å². The summed E-state index contributed by atoms with van der Waals surface area (Å²) in [5.74, 6) is 0.485.